The quantitative estimate of drug-likeness (QED) is 0.867. The molecule has 1 aliphatic rings. The summed E-state index contributed by atoms with van der Waals surface area (Å²) >= 11 is 0. The van der Waals surface area contributed by atoms with Gasteiger partial charge in [-0.15, -0.1) is 0 Å². The molecule has 0 spiro atoms. The Labute approximate surface area is 107 Å². The van der Waals surface area contributed by atoms with E-state index in [1.165, 1.54) is 31.2 Å². The fourth-order valence-electron chi connectivity index (χ4n) is 2.76. The van der Waals surface area contributed by atoms with E-state index in [9.17, 15) is 0 Å². The lowest BCUT2D eigenvalue weighted by atomic mass is 10.1. The highest BCUT2D eigenvalue weighted by Crippen LogP contribution is 2.33. The van der Waals surface area contributed by atoms with Crippen LogP contribution in [0.4, 0.5) is 0 Å². The largest absolute Gasteiger partial charge is 0.342 e. The molecule has 1 heterocycles. The van der Waals surface area contributed by atoms with Crippen LogP contribution in [0.3, 0.4) is 0 Å². The number of imidazole rings is 1. The summed E-state index contributed by atoms with van der Waals surface area (Å²) in [5.41, 5.74) is 9.11. The maximum absolute atomic E-state index is 5.68. The summed E-state index contributed by atoms with van der Waals surface area (Å²) in [7, 11) is 0. The lowest BCUT2D eigenvalue weighted by molar-refractivity contribution is 0.679. The van der Waals surface area contributed by atoms with Gasteiger partial charge in [-0.2, -0.15) is 0 Å². The first-order valence-corrected chi connectivity index (χ1v) is 6.71. The number of rotatable bonds is 3. The Morgan fingerprint density at radius 1 is 1.28 bits per heavy atom. The molecule has 1 aliphatic carbocycles. The monoisotopic (exact) mass is 241 g/mol. The van der Waals surface area contributed by atoms with Gasteiger partial charge in [0.05, 0.1) is 11.9 Å². The molecule has 0 amide bonds. The molecule has 1 aromatic heterocycles. The van der Waals surface area contributed by atoms with Gasteiger partial charge in [-0.1, -0.05) is 31.0 Å². The van der Waals surface area contributed by atoms with E-state index < -0.39 is 0 Å². The Hall–Kier alpha value is -1.61. The molecule has 94 valence electrons. The van der Waals surface area contributed by atoms with Crippen LogP contribution in [-0.4, -0.2) is 9.97 Å². The van der Waals surface area contributed by atoms with Crippen molar-refractivity contribution in [3.05, 3.63) is 41.9 Å². The highest BCUT2D eigenvalue weighted by molar-refractivity contribution is 5.59. The van der Waals surface area contributed by atoms with Crippen molar-refractivity contribution in [3.8, 4) is 11.3 Å². The summed E-state index contributed by atoms with van der Waals surface area (Å²) < 4.78 is 0. The molecule has 3 heteroatoms. The molecule has 3 nitrogen and oxygen atoms in total. The second kappa shape index (κ2) is 4.94. The molecular formula is C15H19N3. The minimum absolute atomic E-state index is 0.581. The molecular weight excluding hydrogens is 222 g/mol. The number of aromatic nitrogens is 2. The summed E-state index contributed by atoms with van der Waals surface area (Å²) in [4.78, 5) is 8.01. The van der Waals surface area contributed by atoms with Crippen molar-refractivity contribution in [1.29, 1.82) is 0 Å². The molecule has 0 bridgehead atoms. The summed E-state index contributed by atoms with van der Waals surface area (Å²) in [5.74, 6) is 1.79. The molecule has 0 unspecified atom stereocenters. The smallest absolute Gasteiger partial charge is 0.109 e. The van der Waals surface area contributed by atoms with Gasteiger partial charge in [-0.3, -0.25) is 0 Å². The first-order valence-electron chi connectivity index (χ1n) is 6.71. The van der Waals surface area contributed by atoms with Crippen LogP contribution in [0, 0.1) is 0 Å². The molecule has 0 aliphatic heterocycles. The number of nitrogens with two attached hydrogens (primary N) is 1. The minimum Gasteiger partial charge on any atom is -0.342 e. The Morgan fingerprint density at radius 2 is 2.11 bits per heavy atom. The first kappa shape index (κ1) is 11.5. The van der Waals surface area contributed by atoms with Gasteiger partial charge < -0.3 is 10.7 Å². The van der Waals surface area contributed by atoms with Crippen molar-refractivity contribution in [3.63, 3.8) is 0 Å². The van der Waals surface area contributed by atoms with Crippen LogP contribution in [0.15, 0.2) is 30.5 Å². The molecule has 18 heavy (non-hydrogen) atoms. The summed E-state index contributed by atoms with van der Waals surface area (Å²) in [6, 6.07) is 8.34. The van der Waals surface area contributed by atoms with Crippen LogP contribution in [0.5, 0.6) is 0 Å². The van der Waals surface area contributed by atoms with Crippen LogP contribution in [0.1, 0.15) is 43.0 Å². The number of benzene rings is 1. The molecule has 1 saturated carbocycles. The number of hydrogen-bond acceptors (Lipinski definition) is 2. The van der Waals surface area contributed by atoms with Crippen LogP contribution in [0.2, 0.25) is 0 Å². The van der Waals surface area contributed by atoms with Crippen molar-refractivity contribution >= 4 is 0 Å². The van der Waals surface area contributed by atoms with Crippen molar-refractivity contribution in [2.75, 3.05) is 0 Å². The Kier molecular flexibility index (Phi) is 3.15. The van der Waals surface area contributed by atoms with E-state index in [2.05, 4.69) is 28.2 Å². The fraction of sp³-hybridized carbons (Fsp3) is 0.400. The molecule has 1 fully saturated rings. The SMILES string of the molecule is NCc1cccc(-c2cnc(C3CCCC3)[nH]2)c1. The third kappa shape index (κ3) is 2.18. The van der Waals surface area contributed by atoms with Crippen molar-refractivity contribution < 1.29 is 0 Å². The van der Waals surface area contributed by atoms with Gasteiger partial charge in [0.2, 0.25) is 0 Å². The lowest BCUT2D eigenvalue weighted by Gasteiger charge is -2.04. The Morgan fingerprint density at radius 3 is 2.89 bits per heavy atom. The van der Waals surface area contributed by atoms with E-state index in [-0.39, 0.29) is 0 Å². The van der Waals surface area contributed by atoms with Crippen molar-refractivity contribution in [2.45, 2.75) is 38.1 Å². The predicted octanol–water partition coefficient (Wildman–Crippen LogP) is 3.19. The average molecular weight is 241 g/mol. The second-order valence-corrected chi connectivity index (χ2v) is 5.07. The zero-order valence-electron chi connectivity index (χ0n) is 10.5. The van der Waals surface area contributed by atoms with Crippen LogP contribution in [-0.2, 0) is 6.54 Å². The van der Waals surface area contributed by atoms with E-state index in [0.29, 0.717) is 12.5 Å². The van der Waals surface area contributed by atoms with Gasteiger partial charge in [0.25, 0.3) is 0 Å². The Bertz CT molecular complexity index is 524. The topological polar surface area (TPSA) is 54.7 Å². The lowest BCUT2D eigenvalue weighted by Crippen LogP contribution is -1.96. The molecule has 1 aromatic carbocycles. The molecule has 3 N–H and O–H groups in total. The second-order valence-electron chi connectivity index (χ2n) is 5.07. The summed E-state index contributed by atoms with van der Waals surface area (Å²) in [5, 5.41) is 0. The van der Waals surface area contributed by atoms with Crippen LogP contribution in [0.25, 0.3) is 11.3 Å². The van der Waals surface area contributed by atoms with E-state index in [0.717, 1.165) is 17.1 Å². The fourth-order valence-corrected chi connectivity index (χ4v) is 2.76. The van der Waals surface area contributed by atoms with Gasteiger partial charge in [0.1, 0.15) is 5.82 Å². The zero-order valence-corrected chi connectivity index (χ0v) is 10.5. The predicted molar refractivity (Wildman–Crippen MR) is 73.1 cm³/mol. The van der Waals surface area contributed by atoms with E-state index >= 15 is 0 Å². The highest BCUT2D eigenvalue weighted by Gasteiger charge is 2.19. The molecule has 0 radical (unpaired) electrons. The van der Waals surface area contributed by atoms with E-state index in [4.69, 9.17) is 5.73 Å². The minimum atomic E-state index is 0.581. The zero-order chi connectivity index (χ0) is 12.4. The van der Waals surface area contributed by atoms with Gasteiger partial charge in [-0.05, 0) is 30.0 Å². The molecule has 0 saturated heterocycles. The van der Waals surface area contributed by atoms with Gasteiger partial charge >= 0.3 is 0 Å². The van der Waals surface area contributed by atoms with Crippen molar-refractivity contribution in [2.24, 2.45) is 5.73 Å². The van der Waals surface area contributed by atoms with Gasteiger partial charge in [0.15, 0.2) is 0 Å². The van der Waals surface area contributed by atoms with E-state index in [1.807, 2.05) is 12.3 Å². The standard InChI is InChI=1S/C15H19N3/c16-9-11-4-3-7-13(8-11)14-10-17-15(18-14)12-5-1-2-6-12/h3-4,7-8,10,12H,1-2,5-6,9,16H2,(H,17,18). The first-order chi connectivity index (χ1) is 8.86. The third-order valence-corrected chi connectivity index (χ3v) is 3.81. The third-order valence-electron chi connectivity index (χ3n) is 3.81. The maximum Gasteiger partial charge on any atom is 0.109 e. The van der Waals surface area contributed by atoms with Gasteiger partial charge in [-0.25, -0.2) is 4.98 Å². The van der Waals surface area contributed by atoms with E-state index in [1.54, 1.807) is 0 Å². The Balaban J connectivity index is 1.87. The number of aromatic amines is 1. The maximum atomic E-state index is 5.68. The average Bonchev–Trinajstić information content (AvgIpc) is 3.09. The summed E-state index contributed by atoms with van der Waals surface area (Å²) in [6.45, 7) is 0.581. The number of H-pyrrole nitrogens is 1. The van der Waals surface area contributed by atoms with Gasteiger partial charge in [0, 0.05) is 12.5 Å². The molecule has 2 aromatic rings. The number of hydrogen-bond donors (Lipinski definition) is 2. The molecule has 3 rings (SSSR count). The number of nitrogens with zero attached hydrogens (tertiary/aromatic N) is 1. The number of nitrogens with one attached hydrogen (secondary N) is 1. The normalized spacial score (nSPS) is 16.3. The molecule has 0 atom stereocenters. The highest BCUT2D eigenvalue weighted by atomic mass is 14.9. The van der Waals surface area contributed by atoms with Crippen LogP contribution >= 0.6 is 0 Å². The van der Waals surface area contributed by atoms with Crippen LogP contribution < -0.4 is 5.73 Å². The van der Waals surface area contributed by atoms with Crippen molar-refractivity contribution in [1.82, 2.24) is 9.97 Å². The summed E-state index contributed by atoms with van der Waals surface area (Å²) in [6.07, 6.45) is 7.17.